The van der Waals surface area contributed by atoms with Crippen molar-refractivity contribution < 1.29 is 9.53 Å². The maximum atomic E-state index is 11.4. The predicted octanol–water partition coefficient (Wildman–Crippen LogP) is 3.29. The molecule has 0 atom stereocenters. The smallest absolute Gasteiger partial charge is 0.305 e. The van der Waals surface area contributed by atoms with Gasteiger partial charge in [-0.1, -0.05) is 44.2 Å². The van der Waals surface area contributed by atoms with Crippen molar-refractivity contribution in [2.24, 2.45) is 0 Å². The number of ether oxygens (including phenoxy) is 1. The molecule has 3 nitrogen and oxygen atoms in total. The average molecular weight is 277 g/mol. The van der Waals surface area contributed by atoms with Crippen LogP contribution in [-0.2, 0) is 14.9 Å². The number of nitrogens with one attached hydrogen (secondary N) is 1. The Kier molecular flexibility index (Phi) is 7.31. The molecule has 2 rings (SSSR count). The second-order valence-corrected chi connectivity index (χ2v) is 4.97. The molecule has 0 spiro atoms. The summed E-state index contributed by atoms with van der Waals surface area (Å²) in [4.78, 5) is 11.4. The van der Waals surface area contributed by atoms with E-state index in [4.69, 9.17) is 4.74 Å². The Labute approximate surface area is 122 Å². The fourth-order valence-corrected chi connectivity index (χ4v) is 2.82. The van der Waals surface area contributed by atoms with Crippen LogP contribution in [0.5, 0.6) is 0 Å². The number of methoxy groups -OCH3 is 1. The predicted molar refractivity (Wildman–Crippen MR) is 82.8 cm³/mol. The summed E-state index contributed by atoms with van der Waals surface area (Å²) in [5, 5.41) is 3.39. The normalized spacial score (nSPS) is 16.8. The van der Waals surface area contributed by atoms with Crippen molar-refractivity contribution >= 4 is 5.97 Å². The molecule has 1 saturated heterocycles. The van der Waals surface area contributed by atoms with Crippen molar-refractivity contribution in [2.45, 2.75) is 44.9 Å². The van der Waals surface area contributed by atoms with Crippen molar-refractivity contribution in [3.05, 3.63) is 35.9 Å². The molecular weight excluding hydrogens is 250 g/mol. The minimum absolute atomic E-state index is 0.108. The van der Waals surface area contributed by atoms with Gasteiger partial charge in [-0.3, -0.25) is 4.79 Å². The number of benzene rings is 1. The molecule has 1 aromatic carbocycles. The van der Waals surface area contributed by atoms with Gasteiger partial charge in [-0.15, -0.1) is 0 Å². The first-order valence-corrected chi connectivity index (χ1v) is 7.60. The average Bonchev–Trinajstić information content (AvgIpc) is 2.56. The van der Waals surface area contributed by atoms with Gasteiger partial charge in [-0.05, 0) is 43.3 Å². The highest BCUT2D eigenvalue weighted by Gasteiger charge is 2.33. The van der Waals surface area contributed by atoms with Gasteiger partial charge in [-0.2, -0.15) is 0 Å². The second-order valence-electron chi connectivity index (χ2n) is 4.97. The minimum Gasteiger partial charge on any atom is -0.469 e. The van der Waals surface area contributed by atoms with Crippen LogP contribution < -0.4 is 5.32 Å². The van der Waals surface area contributed by atoms with Crippen molar-refractivity contribution in [1.29, 1.82) is 0 Å². The minimum atomic E-state index is -0.108. The molecule has 1 fully saturated rings. The van der Waals surface area contributed by atoms with E-state index in [2.05, 4.69) is 29.6 Å². The number of carbonyl (C=O) groups excluding carboxylic acids is 1. The van der Waals surface area contributed by atoms with Gasteiger partial charge in [0.05, 0.1) is 7.11 Å². The topological polar surface area (TPSA) is 38.3 Å². The van der Waals surface area contributed by atoms with Crippen molar-refractivity contribution in [3.63, 3.8) is 0 Å². The first-order valence-electron chi connectivity index (χ1n) is 7.60. The molecule has 1 N–H and O–H groups in total. The number of rotatable bonds is 4. The molecule has 0 unspecified atom stereocenters. The van der Waals surface area contributed by atoms with Gasteiger partial charge in [0, 0.05) is 6.42 Å². The van der Waals surface area contributed by atoms with Crippen LogP contribution in [-0.4, -0.2) is 26.2 Å². The molecule has 0 bridgehead atoms. The summed E-state index contributed by atoms with van der Waals surface area (Å²) in [6, 6.07) is 10.6. The van der Waals surface area contributed by atoms with Crippen LogP contribution in [0.2, 0.25) is 0 Å². The molecule has 20 heavy (non-hydrogen) atoms. The maximum absolute atomic E-state index is 11.4. The van der Waals surface area contributed by atoms with Gasteiger partial charge >= 0.3 is 5.97 Å². The molecule has 3 heteroatoms. The lowest BCUT2D eigenvalue weighted by Gasteiger charge is -2.38. The lowest BCUT2D eigenvalue weighted by atomic mass is 9.70. The Hall–Kier alpha value is -1.35. The number of hydrogen-bond acceptors (Lipinski definition) is 3. The van der Waals surface area contributed by atoms with E-state index in [0.29, 0.717) is 6.42 Å². The fourth-order valence-electron chi connectivity index (χ4n) is 2.82. The van der Waals surface area contributed by atoms with Crippen LogP contribution in [0.3, 0.4) is 0 Å². The third kappa shape index (κ3) is 4.34. The van der Waals surface area contributed by atoms with Gasteiger partial charge in [-0.25, -0.2) is 0 Å². The summed E-state index contributed by atoms with van der Waals surface area (Å²) >= 11 is 0. The summed E-state index contributed by atoms with van der Waals surface area (Å²) in [5.41, 5.74) is 1.50. The molecule has 0 aliphatic carbocycles. The van der Waals surface area contributed by atoms with Crippen LogP contribution in [0.4, 0.5) is 0 Å². The van der Waals surface area contributed by atoms with Crippen LogP contribution in [0.1, 0.15) is 45.1 Å². The molecule has 1 heterocycles. The Morgan fingerprint density at radius 2 is 1.80 bits per heavy atom. The van der Waals surface area contributed by atoms with E-state index in [9.17, 15) is 4.79 Å². The van der Waals surface area contributed by atoms with Crippen LogP contribution in [0, 0.1) is 0 Å². The van der Waals surface area contributed by atoms with E-state index >= 15 is 0 Å². The molecule has 112 valence electrons. The molecule has 1 aliphatic rings. The second kappa shape index (κ2) is 8.75. The van der Waals surface area contributed by atoms with E-state index in [0.717, 1.165) is 32.4 Å². The zero-order chi connectivity index (χ0) is 14.8. The van der Waals surface area contributed by atoms with Crippen molar-refractivity contribution in [3.8, 4) is 0 Å². The summed E-state index contributed by atoms with van der Waals surface area (Å²) in [7, 11) is 1.46. The summed E-state index contributed by atoms with van der Waals surface area (Å²) < 4.78 is 4.77. The van der Waals surface area contributed by atoms with Gasteiger partial charge in [0.15, 0.2) is 0 Å². The summed E-state index contributed by atoms with van der Waals surface area (Å²) in [6.07, 6.45) is 3.57. The quantitative estimate of drug-likeness (QED) is 0.858. The third-order valence-electron chi connectivity index (χ3n) is 3.98. The van der Waals surface area contributed by atoms with E-state index in [1.54, 1.807) is 0 Å². The summed E-state index contributed by atoms with van der Waals surface area (Å²) in [5.74, 6) is -0.108. The molecule has 0 radical (unpaired) electrons. The molecule has 1 aliphatic heterocycles. The van der Waals surface area contributed by atoms with Crippen LogP contribution in [0.25, 0.3) is 0 Å². The van der Waals surface area contributed by atoms with Gasteiger partial charge in [0.25, 0.3) is 0 Å². The van der Waals surface area contributed by atoms with Crippen molar-refractivity contribution in [2.75, 3.05) is 20.2 Å². The highest BCUT2D eigenvalue weighted by atomic mass is 16.5. The molecule has 0 aromatic heterocycles. The number of piperidine rings is 1. The standard InChI is InChI=1S/C15H21NO2.C2H6/c1-18-14(17)7-8-15(9-11-16-12-10-15)13-5-3-2-4-6-13;1-2/h2-6,16H,7-12H2,1H3;1-2H3. The lowest BCUT2D eigenvalue weighted by molar-refractivity contribution is -0.141. The Bertz CT molecular complexity index is 383. The maximum Gasteiger partial charge on any atom is 0.305 e. The largest absolute Gasteiger partial charge is 0.469 e. The Morgan fingerprint density at radius 1 is 1.20 bits per heavy atom. The van der Waals surface area contributed by atoms with E-state index in [-0.39, 0.29) is 11.4 Å². The molecular formula is C17H27NO2. The number of esters is 1. The third-order valence-corrected chi connectivity index (χ3v) is 3.98. The highest BCUT2D eigenvalue weighted by molar-refractivity contribution is 5.69. The SMILES string of the molecule is CC.COC(=O)CCC1(c2ccccc2)CCNCC1. The zero-order valence-corrected chi connectivity index (χ0v) is 12.9. The Morgan fingerprint density at radius 3 is 2.35 bits per heavy atom. The van der Waals surface area contributed by atoms with E-state index < -0.39 is 0 Å². The van der Waals surface area contributed by atoms with Gasteiger partial charge in [0.1, 0.15) is 0 Å². The number of carbonyl (C=O) groups is 1. The van der Waals surface area contributed by atoms with Crippen LogP contribution in [0.15, 0.2) is 30.3 Å². The first-order chi connectivity index (χ1) is 9.77. The first kappa shape index (κ1) is 16.7. The zero-order valence-electron chi connectivity index (χ0n) is 12.9. The molecule has 1 aromatic rings. The fraction of sp³-hybridized carbons (Fsp3) is 0.588. The van der Waals surface area contributed by atoms with Crippen molar-refractivity contribution in [1.82, 2.24) is 5.32 Å². The Balaban J connectivity index is 0.000000956. The van der Waals surface area contributed by atoms with Gasteiger partial charge in [0.2, 0.25) is 0 Å². The van der Waals surface area contributed by atoms with E-state index in [1.165, 1.54) is 12.7 Å². The molecule has 0 saturated carbocycles. The number of hydrogen-bond donors (Lipinski definition) is 1. The highest BCUT2D eigenvalue weighted by Crippen LogP contribution is 2.37. The van der Waals surface area contributed by atoms with Crippen LogP contribution >= 0.6 is 0 Å². The lowest BCUT2D eigenvalue weighted by Crippen LogP contribution is -2.40. The summed E-state index contributed by atoms with van der Waals surface area (Å²) in [6.45, 7) is 6.05. The monoisotopic (exact) mass is 277 g/mol. The molecule has 0 amide bonds. The van der Waals surface area contributed by atoms with Gasteiger partial charge < -0.3 is 10.1 Å². The van der Waals surface area contributed by atoms with E-state index in [1.807, 2.05) is 19.9 Å².